The fraction of sp³-hybridized carbons (Fsp3) is 0.0962. The summed E-state index contributed by atoms with van der Waals surface area (Å²) in [4.78, 5) is 18.5. The molecule has 2 heterocycles. The van der Waals surface area contributed by atoms with E-state index in [0.717, 1.165) is 39.2 Å². The molecule has 4 heteroatoms. The van der Waals surface area contributed by atoms with Crippen LogP contribution in [0.2, 0.25) is 0 Å². The number of allylic oxidation sites excluding steroid dienone is 2. The number of fused-ring (bicyclic) bond motifs is 4. The Kier molecular flexibility index (Phi) is 8.16. The molecule has 0 radical (unpaired) electrons. The molecule has 10 rings (SSSR count). The van der Waals surface area contributed by atoms with Crippen molar-refractivity contribution in [1.82, 2.24) is 0 Å². The second kappa shape index (κ2) is 13.5. The molecule has 0 saturated heterocycles. The number of nitrogens with zero attached hydrogens (tertiary/aromatic N) is 2. The monoisotopic (exact) mass is 724 g/mol. The molecule has 0 bridgehead atoms. The summed E-state index contributed by atoms with van der Waals surface area (Å²) < 4.78 is 0. The minimum absolute atomic E-state index is 0.0492. The van der Waals surface area contributed by atoms with E-state index in [1.807, 2.05) is 60.7 Å². The average molecular weight is 725 g/mol. The highest BCUT2D eigenvalue weighted by atomic mass is 16.3. The Bertz CT molecular complexity index is 2700. The normalized spacial score (nSPS) is 18.1. The third-order valence-corrected chi connectivity index (χ3v) is 11.7. The van der Waals surface area contributed by atoms with Crippen molar-refractivity contribution in [2.24, 2.45) is 0 Å². The highest BCUT2D eigenvalue weighted by Crippen LogP contribution is 2.54. The minimum Gasteiger partial charge on any atom is -0.369 e. The molecule has 0 fully saturated rings. The zero-order valence-electron chi connectivity index (χ0n) is 31.3. The molecule has 3 atom stereocenters. The van der Waals surface area contributed by atoms with Crippen molar-refractivity contribution in [2.75, 3.05) is 9.80 Å². The van der Waals surface area contributed by atoms with Crippen molar-refractivity contribution < 1.29 is 9.90 Å². The number of aliphatic hydroxyl groups excluding tert-OH is 1. The average Bonchev–Trinajstić information content (AvgIpc) is 3.71. The lowest BCUT2D eigenvalue weighted by molar-refractivity contribution is 0.0935. The molecular weight excluding hydrogens is 685 g/mol. The number of hydrogen-bond acceptors (Lipinski definition) is 3. The van der Waals surface area contributed by atoms with Gasteiger partial charge in [0.1, 0.15) is 0 Å². The van der Waals surface area contributed by atoms with E-state index >= 15 is 0 Å². The maximum Gasteiger partial charge on any atom is 0.261 e. The van der Waals surface area contributed by atoms with Gasteiger partial charge in [-0.05, 0) is 94.8 Å². The van der Waals surface area contributed by atoms with Crippen molar-refractivity contribution in [3.05, 3.63) is 215 Å². The Morgan fingerprint density at radius 3 is 1.79 bits per heavy atom. The lowest BCUT2D eigenvalue weighted by Gasteiger charge is -2.32. The Balaban J connectivity index is 1.10. The van der Waals surface area contributed by atoms with Crippen LogP contribution in [-0.4, -0.2) is 17.1 Å². The summed E-state index contributed by atoms with van der Waals surface area (Å²) in [5.41, 5.74) is 16.1. The van der Waals surface area contributed by atoms with Crippen LogP contribution in [0.3, 0.4) is 0 Å². The predicted molar refractivity (Wildman–Crippen MR) is 229 cm³/mol. The van der Waals surface area contributed by atoms with Crippen molar-refractivity contribution in [3.8, 4) is 33.4 Å². The Morgan fingerprint density at radius 1 is 0.500 bits per heavy atom. The molecule has 4 nitrogen and oxygen atoms in total. The third-order valence-electron chi connectivity index (χ3n) is 11.7. The second-order valence-electron chi connectivity index (χ2n) is 15.1. The van der Waals surface area contributed by atoms with Crippen LogP contribution in [0.5, 0.6) is 0 Å². The molecule has 3 unspecified atom stereocenters. The van der Waals surface area contributed by atoms with E-state index in [1.54, 1.807) is 4.90 Å². The fourth-order valence-electron chi connectivity index (χ4n) is 8.78. The number of rotatable bonds is 6. The number of carbonyl (C=O) groups is 1. The third kappa shape index (κ3) is 5.61. The number of anilines is 3. The van der Waals surface area contributed by atoms with E-state index in [1.165, 1.54) is 33.4 Å². The van der Waals surface area contributed by atoms with Gasteiger partial charge in [-0.2, -0.15) is 0 Å². The summed E-state index contributed by atoms with van der Waals surface area (Å²) in [7, 11) is 0. The summed E-state index contributed by atoms with van der Waals surface area (Å²) in [5.74, 6) is -0.168. The van der Waals surface area contributed by atoms with Gasteiger partial charge in [0.2, 0.25) is 0 Å². The zero-order valence-corrected chi connectivity index (χ0v) is 31.3. The van der Waals surface area contributed by atoms with Crippen molar-refractivity contribution >= 4 is 28.5 Å². The van der Waals surface area contributed by atoms with Gasteiger partial charge < -0.3 is 10.0 Å². The van der Waals surface area contributed by atoms with Gasteiger partial charge in [-0.1, -0.05) is 157 Å². The van der Waals surface area contributed by atoms with Crippen LogP contribution in [0.1, 0.15) is 50.3 Å². The molecule has 0 saturated carbocycles. The van der Waals surface area contributed by atoms with E-state index in [4.69, 9.17) is 0 Å². The van der Waals surface area contributed by atoms with Crippen LogP contribution < -0.4 is 9.80 Å². The van der Waals surface area contributed by atoms with E-state index in [-0.39, 0.29) is 17.9 Å². The van der Waals surface area contributed by atoms with Gasteiger partial charge in [-0.15, -0.1) is 0 Å². The van der Waals surface area contributed by atoms with Crippen molar-refractivity contribution in [2.45, 2.75) is 32.0 Å². The summed E-state index contributed by atoms with van der Waals surface area (Å²) in [5, 5.41) is 12.5. The van der Waals surface area contributed by atoms with Crippen molar-refractivity contribution in [3.63, 3.8) is 0 Å². The standard InChI is InChI=1S/C52H40N2O2/c1-33-16-20-36(21-17-33)40-25-28-47-44(31-40)45-32-41(37-22-18-34(2)19-23-37)26-29-48(45)53(47)49-15-9-14-42-50(49)52(56)54(51(42)55)46-27-24-39(35-10-5-3-6-11-35)30-43(46)38-12-7-4-8-13-38/h3-32,44,47,52,56H,1-2H3. The van der Waals surface area contributed by atoms with Gasteiger partial charge in [0.15, 0.2) is 6.23 Å². The highest BCUT2D eigenvalue weighted by molar-refractivity contribution is 6.14. The minimum atomic E-state index is -1.20. The molecule has 0 aromatic heterocycles. The van der Waals surface area contributed by atoms with Gasteiger partial charge in [0.05, 0.1) is 17.4 Å². The molecule has 1 N–H and O–H groups in total. The molecule has 2 aliphatic heterocycles. The smallest absolute Gasteiger partial charge is 0.261 e. The summed E-state index contributed by atoms with van der Waals surface area (Å²) in [6.07, 6.45) is 5.72. The van der Waals surface area contributed by atoms with Crippen LogP contribution in [0.25, 0.3) is 39.0 Å². The molecule has 1 amide bonds. The first-order chi connectivity index (χ1) is 27.4. The molecule has 7 aromatic rings. The topological polar surface area (TPSA) is 43.8 Å². The number of benzene rings is 7. The first-order valence-electron chi connectivity index (χ1n) is 19.3. The first kappa shape index (κ1) is 33.8. The van der Waals surface area contributed by atoms with Crippen LogP contribution in [-0.2, 0) is 0 Å². The van der Waals surface area contributed by atoms with Crippen LogP contribution in [0.15, 0.2) is 182 Å². The maximum atomic E-state index is 14.6. The largest absolute Gasteiger partial charge is 0.369 e. The van der Waals surface area contributed by atoms with Gasteiger partial charge in [-0.3, -0.25) is 9.69 Å². The number of amides is 1. The number of carbonyl (C=O) groups excluding carboxylic acids is 1. The zero-order chi connectivity index (χ0) is 37.9. The lowest BCUT2D eigenvalue weighted by Crippen LogP contribution is -2.31. The predicted octanol–water partition coefficient (Wildman–Crippen LogP) is 12.2. The van der Waals surface area contributed by atoms with Crippen molar-refractivity contribution in [1.29, 1.82) is 0 Å². The highest BCUT2D eigenvalue weighted by Gasteiger charge is 2.45. The van der Waals surface area contributed by atoms with E-state index < -0.39 is 6.23 Å². The fourth-order valence-corrected chi connectivity index (χ4v) is 8.78. The van der Waals surface area contributed by atoms with E-state index in [2.05, 4.69) is 140 Å². The van der Waals surface area contributed by atoms with E-state index in [0.29, 0.717) is 16.8 Å². The quantitative estimate of drug-likeness (QED) is 0.186. The van der Waals surface area contributed by atoms with Crippen LogP contribution in [0.4, 0.5) is 17.1 Å². The Hall–Kier alpha value is -6.75. The summed E-state index contributed by atoms with van der Waals surface area (Å²) in [6.45, 7) is 4.23. The summed E-state index contributed by atoms with van der Waals surface area (Å²) >= 11 is 0. The number of aliphatic hydroxyl groups is 1. The Labute approximate surface area is 328 Å². The molecule has 0 spiro atoms. The molecule has 56 heavy (non-hydrogen) atoms. The molecule has 270 valence electrons. The van der Waals surface area contributed by atoms with Gasteiger partial charge in [0, 0.05) is 28.3 Å². The van der Waals surface area contributed by atoms with Gasteiger partial charge >= 0.3 is 0 Å². The van der Waals surface area contributed by atoms with Crippen LogP contribution >= 0.6 is 0 Å². The number of hydrogen-bond donors (Lipinski definition) is 1. The first-order valence-corrected chi connectivity index (χ1v) is 19.3. The number of aryl methyl sites for hydroxylation is 2. The Morgan fingerprint density at radius 2 is 1.09 bits per heavy atom. The molecular formula is C52H40N2O2. The molecule has 3 aliphatic rings. The SMILES string of the molecule is Cc1ccc(C2=CC3c4cc(-c5ccc(C)cc5)ccc4N(c4cccc5c4C(O)N(c4ccc(-c6ccccc6)cc4-c4ccccc4)C5=O)C3C=C2)cc1. The van der Waals surface area contributed by atoms with Gasteiger partial charge in [-0.25, -0.2) is 0 Å². The summed E-state index contributed by atoms with van der Waals surface area (Å²) in [6, 6.07) is 56.5. The lowest BCUT2D eigenvalue weighted by atomic mass is 9.85. The van der Waals surface area contributed by atoms with Crippen LogP contribution in [0, 0.1) is 13.8 Å². The second-order valence-corrected chi connectivity index (χ2v) is 15.1. The van der Waals surface area contributed by atoms with E-state index in [9.17, 15) is 9.90 Å². The molecule has 1 aliphatic carbocycles. The van der Waals surface area contributed by atoms with Gasteiger partial charge in [0.25, 0.3) is 5.91 Å². The maximum absolute atomic E-state index is 14.6. The molecule has 7 aromatic carbocycles.